The van der Waals surface area contributed by atoms with E-state index >= 15 is 0 Å². The highest BCUT2D eigenvalue weighted by atomic mass is 32.2. The molecule has 0 aliphatic carbocycles. The number of rotatable bonds is 8. The van der Waals surface area contributed by atoms with Gasteiger partial charge in [0.05, 0.1) is 18.6 Å². The number of hydrogen-bond acceptors (Lipinski definition) is 6. The molecular weight excluding hydrogens is 467 g/mol. The zero-order valence-electron chi connectivity index (χ0n) is 20.0. The second-order valence-corrected chi connectivity index (χ2v) is 10.6. The Hall–Kier alpha value is -3.17. The van der Waals surface area contributed by atoms with Crippen LogP contribution in [0.25, 0.3) is 22.3 Å². The molecular formula is C26H31FN4O3S. The van der Waals surface area contributed by atoms with Crippen LogP contribution in [0.15, 0.2) is 48.7 Å². The molecule has 1 atom stereocenters. The number of nitrogen functional groups attached to an aromatic ring is 1. The number of pyridine rings is 1. The third-order valence-electron chi connectivity index (χ3n) is 6.15. The summed E-state index contributed by atoms with van der Waals surface area (Å²) in [6.45, 7) is 2.76. The predicted molar refractivity (Wildman–Crippen MR) is 138 cm³/mol. The second kappa shape index (κ2) is 10.6. The molecule has 2 aromatic carbocycles. The quantitative estimate of drug-likeness (QED) is 0.398. The van der Waals surface area contributed by atoms with Gasteiger partial charge in [-0.3, -0.25) is 4.72 Å². The van der Waals surface area contributed by atoms with E-state index in [1.54, 1.807) is 13.1 Å². The number of halogens is 1. The molecule has 0 amide bonds. The largest absolute Gasteiger partial charge is 0.492 e. The van der Waals surface area contributed by atoms with E-state index in [2.05, 4.69) is 27.2 Å². The number of sulfonamides is 1. The molecule has 0 radical (unpaired) electrons. The summed E-state index contributed by atoms with van der Waals surface area (Å²) in [6, 6.07) is 13.2. The highest BCUT2D eigenvalue weighted by Gasteiger charge is 2.20. The van der Waals surface area contributed by atoms with E-state index in [9.17, 15) is 12.8 Å². The zero-order valence-corrected chi connectivity index (χ0v) is 20.8. The van der Waals surface area contributed by atoms with Gasteiger partial charge in [0.25, 0.3) is 0 Å². The lowest BCUT2D eigenvalue weighted by Gasteiger charge is -2.24. The van der Waals surface area contributed by atoms with E-state index in [1.807, 2.05) is 18.2 Å². The molecule has 1 saturated heterocycles. The summed E-state index contributed by atoms with van der Waals surface area (Å²) < 4.78 is 47.2. The van der Waals surface area contributed by atoms with Crippen LogP contribution in [-0.4, -0.2) is 32.8 Å². The van der Waals surface area contributed by atoms with Crippen molar-refractivity contribution in [1.82, 2.24) is 10.3 Å². The average molecular weight is 499 g/mol. The van der Waals surface area contributed by atoms with Crippen molar-refractivity contribution in [3.63, 3.8) is 0 Å². The molecule has 9 heteroatoms. The Balaban J connectivity index is 1.74. The smallest absolute Gasteiger partial charge is 0.232 e. The molecule has 0 spiro atoms. The van der Waals surface area contributed by atoms with Crippen LogP contribution in [0, 0.1) is 5.82 Å². The molecule has 1 aromatic heterocycles. The maximum Gasteiger partial charge on any atom is 0.232 e. The Bertz CT molecular complexity index is 1310. The number of nitrogens with two attached hydrogens (primary N) is 1. The lowest BCUT2D eigenvalue weighted by atomic mass is 9.94. The number of piperidine rings is 1. The first kappa shape index (κ1) is 24.9. The molecule has 4 rings (SSSR count). The highest BCUT2D eigenvalue weighted by molar-refractivity contribution is 7.92. The third kappa shape index (κ3) is 5.74. The van der Waals surface area contributed by atoms with Crippen molar-refractivity contribution in [3.05, 3.63) is 60.0 Å². The van der Waals surface area contributed by atoms with E-state index in [-0.39, 0.29) is 23.0 Å². The number of aromatic nitrogens is 1. The van der Waals surface area contributed by atoms with Crippen LogP contribution in [0.1, 0.15) is 44.2 Å². The molecule has 186 valence electrons. The molecule has 2 heterocycles. The van der Waals surface area contributed by atoms with Gasteiger partial charge in [-0.1, -0.05) is 31.5 Å². The van der Waals surface area contributed by atoms with Gasteiger partial charge in [0.15, 0.2) is 11.6 Å². The molecule has 3 aromatic rings. The summed E-state index contributed by atoms with van der Waals surface area (Å²) in [5.74, 6) is -0.753. The van der Waals surface area contributed by atoms with Gasteiger partial charge in [-0.15, -0.1) is 0 Å². The van der Waals surface area contributed by atoms with E-state index in [0.717, 1.165) is 24.1 Å². The number of hydrogen-bond donors (Lipinski definition) is 3. The summed E-state index contributed by atoms with van der Waals surface area (Å²) in [5, 5.41) is 3.57. The predicted octanol–water partition coefficient (Wildman–Crippen LogP) is 5.11. The molecule has 1 aliphatic heterocycles. The van der Waals surface area contributed by atoms with Crippen molar-refractivity contribution in [3.8, 4) is 28.0 Å². The normalized spacial score (nSPS) is 16.1. The van der Waals surface area contributed by atoms with Gasteiger partial charge < -0.3 is 15.8 Å². The summed E-state index contributed by atoms with van der Waals surface area (Å²) in [7, 11) is -2.37. The Kier molecular flexibility index (Phi) is 7.57. The summed E-state index contributed by atoms with van der Waals surface area (Å²) in [4.78, 5) is 4.35. The number of benzene rings is 2. The van der Waals surface area contributed by atoms with Crippen LogP contribution in [0.3, 0.4) is 0 Å². The standard InChI is InChI=1S/C26H31FN4O3S/c1-3-11-35(32,33)31-24-15-19(14-22(27)25(24)34-2)21-13-20(16-30-26(21)28)17-7-6-8-18(12-17)23-9-4-5-10-29-23/h6-8,12-16,23,29,31H,3-5,9-11H2,1-2H3,(H2,28,30). The van der Waals surface area contributed by atoms with Crippen LogP contribution >= 0.6 is 0 Å². The highest BCUT2D eigenvalue weighted by Crippen LogP contribution is 2.37. The first-order valence-corrected chi connectivity index (χ1v) is 13.4. The first-order valence-electron chi connectivity index (χ1n) is 11.8. The summed E-state index contributed by atoms with van der Waals surface area (Å²) in [6.07, 6.45) is 5.60. The number of ether oxygens (including phenoxy) is 1. The maximum absolute atomic E-state index is 14.9. The van der Waals surface area contributed by atoms with Crippen molar-refractivity contribution in [2.75, 3.05) is 29.9 Å². The van der Waals surface area contributed by atoms with Gasteiger partial charge in [-0.05, 0) is 66.8 Å². The van der Waals surface area contributed by atoms with E-state index in [0.29, 0.717) is 23.6 Å². The van der Waals surface area contributed by atoms with E-state index < -0.39 is 15.8 Å². The van der Waals surface area contributed by atoms with E-state index in [4.69, 9.17) is 10.5 Å². The van der Waals surface area contributed by atoms with Crippen molar-refractivity contribution in [2.45, 2.75) is 38.6 Å². The maximum atomic E-state index is 14.9. The van der Waals surface area contributed by atoms with Crippen LogP contribution in [-0.2, 0) is 10.0 Å². The zero-order chi connectivity index (χ0) is 25.0. The molecule has 0 bridgehead atoms. The average Bonchev–Trinajstić information content (AvgIpc) is 2.84. The molecule has 0 saturated carbocycles. The third-order valence-corrected chi connectivity index (χ3v) is 7.62. The summed E-state index contributed by atoms with van der Waals surface area (Å²) >= 11 is 0. The van der Waals surface area contributed by atoms with Gasteiger partial charge in [0.1, 0.15) is 5.82 Å². The number of methoxy groups -OCH3 is 1. The Morgan fingerprint density at radius 3 is 2.71 bits per heavy atom. The van der Waals surface area contributed by atoms with Gasteiger partial charge in [0.2, 0.25) is 10.0 Å². The first-order chi connectivity index (χ1) is 16.8. The fourth-order valence-corrected chi connectivity index (χ4v) is 5.58. The Labute approximate surface area is 206 Å². The van der Waals surface area contributed by atoms with E-state index in [1.165, 1.54) is 37.6 Å². The monoisotopic (exact) mass is 498 g/mol. The number of anilines is 2. The summed E-state index contributed by atoms with van der Waals surface area (Å²) in [5.41, 5.74) is 10.1. The molecule has 4 N–H and O–H groups in total. The lowest BCUT2D eigenvalue weighted by molar-refractivity contribution is 0.389. The van der Waals surface area contributed by atoms with Crippen LogP contribution in [0.5, 0.6) is 5.75 Å². The molecule has 1 unspecified atom stereocenters. The van der Waals surface area contributed by atoms with Crippen molar-refractivity contribution < 1.29 is 17.5 Å². The topological polar surface area (TPSA) is 106 Å². The Morgan fingerprint density at radius 2 is 2.00 bits per heavy atom. The fourth-order valence-electron chi connectivity index (χ4n) is 4.46. The molecule has 7 nitrogen and oxygen atoms in total. The van der Waals surface area contributed by atoms with Gasteiger partial charge in [-0.25, -0.2) is 17.8 Å². The molecule has 1 fully saturated rings. The van der Waals surface area contributed by atoms with Crippen LogP contribution < -0.4 is 20.5 Å². The van der Waals surface area contributed by atoms with Crippen LogP contribution in [0.2, 0.25) is 0 Å². The number of nitrogens with zero attached hydrogens (tertiary/aromatic N) is 1. The van der Waals surface area contributed by atoms with Crippen LogP contribution in [0.4, 0.5) is 15.9 Å². The minimum atomic E-state index is -3.66. The Morgan fingerprint density at radius 1 is 1.17 bits per heavy atom. The van der Waals surface area contributed by atoms with Gasteiger partial charge in [0, 0.05) is 23.4 Å². The van der Waals surface area contributed by atoms with Crippen molar-refractivity contribution in [2.24, 2.45) is 0 Å². The van der Waals surface area contributed by atoms with Gasteiger partial charge in [-0.2, -0.15) is 0 Å². The van der Waals surface area contributed by atoms with Crippen molar-refractivity contribution >= 4 is 21.5 Å². The molecule has 1 aliphatic rings. The van der Waals surface area contributed by atoms with Crippen molar-refractivity contribution in [1.29, 1.82) is 0 Å². The fraction of sp³-hybridized carbons (Fsp3) is 0.346. The SMILES string of the molecule is CCCS(=O)(=O)Nc1cc(-c2cc(-c3cccc(C4CCCCN4)c3)cnc2N)cc(F)c1OC. The lowest BCUT2D eigenvalue weighted by Crippen LogP contribution is -2.26. The minimum Gasteiger partial charge on any atom is -0.492 e. The minimum absolute atomic E-state index is 0.0196. The van der Waals surface area contributed by atoms with Gasteiger partial charge >= 0.3 is 0 Å². The number of nitrogens with one attached hydrogen (secondary N) is 2. The molecule has 35 heavy (non-hydrogen) atoms. The second-order valence-electron chi connectivity index (χ2n) is 8.74.